The van der Waals surface area contributed by atoms with Crippen molar-refractivity contribution in [2.45, 2.75) is 38.2 Å². The van der Waals surface area contributed by atoms with Crippen LogP contribution in [0.3, 0.4) is 0 Å². The number of hydrogen-bond donors (Lipinski definition) is 0. The monoisotopic (exact) mass is 180 g/mol. The van der Waals surface area contributed by atoms with Gasteiger partial charge in [-0.3, -0.25) is 9.59 Å². The number of hydrogen-bond acceptors (Lipinski definition) is 3. The van der Waals surface area contributed by atoms with Crippen LogP contribution in [-0.4, -0.2) is 17.2 Å². The summed E-state index contributed by atoms with van der Waals surface area (Å²) >= 11 is 0. The van der Waals surface area contributed by atoms with Gasteiger partial charge in [-0.15, -0.1) is 0 Å². The van der Waals surface area contributed by atoms with E-state index in [-0.39, 0.29) is 11.6 Å². The lowest BCUT2D eigenvalue weighted by molar-refractivity contribution is -0.150. The molecule has 70 valence electrons. The molecule has 0 amide bonds. The highest BCUT2D eigenvalue weighted by molar-refractivity contribution is 6.16. The fourth-order valence-corrected chi connectivity index (χ4v) is 2.03. The molecule has 3 nitrogen and oxygen atoms in total. The quantitative estimate of drug-likeness (QED) is 0.529. The van der Waals surface area contributed by atoms with E-state index in [1.165, 1.54) is 6.08 Å². The van der Waals surface area contributed by atoms with Gasteiger partial charge in [0.25, 0.3) is 0 Å². The molecule has 0 radical (unpaired) electrons. The molecule has 1 fully saturated rings. The molecule has 1 unspecified atom stereocenters. The van der Waals surface area contributed by atoms with Gasteiger partial charge in [-0.2, -0.15) is 0 Å². The van der Waals surface area contributed by atoms with Crippen molar-refractivity contribution in [1.82, 2.24) is 0 Å². The second-order valence-corrected chi connectivity index (χ2v) is 3.68. The van der Waals surface area contributed by atoms with Crippen molar-refractivity contribution >= 4 is 11.6 Å². The maximum absolute atomic E-state index is 11.6. The van der Waals surface area contributed by atoms with Gasteiger partial charge in [-0.05, 0) is 19.8 Å². The minimum atomic E-state index is -1.11. The summed E-state index contributed by atoms with van der Waals surface area (Å²) in [6.07, 6.45) is 4.25. The Labute approximate surface area is 76.8 Å². The summed E-state index contributed by atoms with van der Waals surface area (Å²) in [4.78, 5) is 23.1. The highest BCUT2D eigenvalue weighted by Gasteiger charge is 2.50. The minimum absolute atomic E-state index is 0.0446. The van der Waals surface area contributed by atoms with Crippen LogP contribution in [0.15, 0.2) is 11.8 Å². The van der Waals surface area contributed by atoms with Crippen LogP contribution >= 0.6 is 0 Å². The molecule has 1 spiro atoms. The molecule has 0 aromatic heterocycles. The predicted molar refractivity (Wildman–Crippen MR) is 46.1 cm³/mol. The number of ketones is 2. The Kier molecular flexibility index (Phi) is 1.75. The minimum Gasteiger partial charge on any atom is -0.476 e. The molecule has 3 heteroatoms. The molecule has 1 atom stereocenters. The van der Waals surface area contributed by atoms with Gasteiger partial charge < -0.3 is 4.74 Å². The van der Waals surface area contributed by atoms with Crippen LogP contribution in [0.1, 0.15) is 32.6 Å². The summed E-state index contributed by atoms with van der Waals surface area (Å²) in [7, 11) is 0. The van der Waals surface area contributed by atoms with Crippen LogP contribution in [0, 0.1) is 0 Å². The topological polar surface area (TPSA) is 43.4 Å². The third-order valence-electron chi connectivity index (χ3n) is 2.70. The van der Waals surface area contributed by atoms with Crippen molar-refractivity contribution in [2.75, 3.05) is 0 Å². The van der Waals surface area contributed by atoms with E-state index in [2.05, 4.69) is 0 Å². The van der Waals surface area contributed by atoms with Gasteiger partial charge in [-0.25, -0.2) is 0 Å². The summed E-state index contributed by atoms with van der Waals surface area (Å²) in [6.45, 7) is 1.72. The Morgan fingerprint density at radius 3 is 2.69 bits per heavy atom. The molecule has 0 bridgehead atoms. The fraction of sp³-hybridized carbons (Fsp3) is 0.600. The Hall–Kier alpha value is -1.12. The maximum Gasteiger partial charge on any atom is 0.228 e. The number of Topliss-reactive ketones (excluding diaryl/α,β-unsaturated/α-hetero) is 1. The Morgan fingerprint density at radius 1 is 1.38 bits per heavy atom. The number of carbonyl (C=O) groups excluding carboxylic acids is 2. The van der Waals surface area contributed by atoms with Gasteiger partial charge in [0.2, 0.25) is 11.4 Å². The summed E-state index contributed by atoms with van der Waals surface area (Å²) in [5.41, 5.74) is -1.11. The highest BCUT2D eigenvalue weighted by atomic mass is 16.5. The lowest BCUT2D eigenvalue weighted by atomic mass is 9.81. The van der Waals surface area contributed by atoms with Crippen LogP contribution in [0.5, 0.6) is 0 Å². The summed E-state index contributed by atoms with van der Waals surface area (Å²) in [5.74, 6) is 0.367. The SMILES string of the molecule is CC1=CC(=O)C2(CCCCC2=O)O1. The smallest absolute Gasteiger partial charge is 0.228 e. The first kappa shape index (κ1) is 8.48. The first-order valence-electron chi connectivity index (χ1n) is 4.60. The molecule has 1 aliphatic carbocycles. The second-order valence-electron chi connectivity index (χ2n) is 3.68. The van der Waals surface area contributed by atoms with Crippen molar-refractivity contribution in [3.8, 4) is 0 Å². The highest BCUT2D eigenvalue weighted by Crippen LogP contribution is 2.35. The summed E-state index contributed by atoms with van der Waals surface area (Å²) in [5, 5.41) is 0. The third-order valence-corrected chi connectivity index (χ3v) is 2.70. The van der Waals surface area contributed by atoms with Gasteiger partial charge in [0, 0.05) is 18.9 Å². The molecule has 2 rings (SSSR count). The van der Waals surface area contributed by atoms with Gasteiger partial charge in [0.1, 0.15) is 0 Å². The molecule has 0 aromatic carbocycles. The fourth-order valence-electron chi connectivity index (χ4n) is 2.03. The normalized spacial score (nSPS) is 33.5. The Balaban J connectivity index is 2.30. The summed E-state index contributed by atoms with van der Waals surface area (Å²) in [6, 6.07) is 0. The number of allylic oxidation sites excluding steroid dienone is 1. The van der Waals surface area contributed by atoms with Gasteiger partial charge in [-0.1, -0.05) is 0 Å². The van der Waals surface area contributed by atoms with Crippen molar-refractivity contribution in [3.05, 3.63) is 11.8 Å². The van der Waals surface area contributed by atoms with Crippen LogP contribution in [-0.2, 0) is 14.3 Å². The van der Waals surface area contributed by atoms with E-state index in [1.807, 2.05) is 0 Å². The predicted octanol–water partition coefficient (Wildman–Crippen LogP) is 1.37. The van der Waals surface area contributed by atoms with E-state index in [9.17, 15) is 9.59 Å². The molecule has 1 heterocycles. The summed E-state index contributed by atoms with van der Waals surface area (Å²) < 4.78 is 5.38. The van der Waals surface area contributed by atoms with Crippen molar-refractivity contribution in [1.29, 1.82) is 0 Å². The van der Waals surface area contributed by atoms with Crippen LogP contribution < -0.4 is 0 Å². The Bertz CT molecular complexity index is 303. The van der Waals surface area contributed by atoms with Crippen molar-refractivity contribution < 1.29 is 14.3 Å². The van der Waals surface area contributed by atoms with E-state index in [0.29, 0.717) is 18.6 Å². The van der Waals surface area contributed by atoms with Gasteiger partial charge in [0.05, 0.1) is 5.76 Å². The van der Waals surface area contributed by atoms with E-state index in [0.717, 1.165) is 12.8 Å². The lowest BCUT2D eigenvalue weighted by Crippen LogP contribution is -2.47. The molecular weight excluding hydrogens is 168 g/mol. The number of rotatable bonds is 0. The lowest BCUT2D eigenvalue weighted by Gasteiger charge is -2.29. The van der Waals surface area contributed by atoms with E-state index in [1.54, 1.807) is 6.92 Å². The zero-order chi connectivity index (χ0) is 9.47. The maximum atomic E-state index is 11.6. The zero-order valence-corrected chi connectivity index (χ0v) is 7.63. The molecule has 1 saturated carbocycles. The number of ether oxygens (including phenoxy) is 1. The molecule has 0 aromatic rings. The number of carbonyl (C=O) groups is 2. The molecule has 13 heavy (non-hydrogen) atoms. The first-order valence-corrected chi connectivity index (χ1v) is 4.60. The molecular formula is C10H12O3. The average Bonchev–Trinajstić information content (AvgIpc) is 2.35. The molecule has 0 saturated heterocycles. The van der Waals surface area contributed by atoms with Gasteiger partial charge >= 0.3 is 0 Å². The first-order chi connectivity index (χ1) is 6.15. The average molecular weight is 180 g/mol. The molecule has 0 N–H and O–H groups in total. The van der Waals surface area contributed by atoms with Crippen molar-refractivity contribution in [3.63, 3.8) is 0 Å². The molecule has 1 aliphatic heterocycles. The van der Waals surface area contributed by atoms with E-state index >= 15 is 0 Å². The van der Waals surface area contributed by atoms with Crippen molar-refractivity contribution in [2.24, 2.45) is 0 Å². The van der Waals surface area contributed by atoms with Crippen LogP contribution in [0.4, 0.5) is 0 Å². The third kappa shape index (κ3) is 1.10. The van der Waals surface area contributed by atoms with Crippen LogP contribution in [0.2, 0.25) is 0 Å². The zero-order valence-electron chi connectivity index (χ0n) is 7.63. The van der Waals surface area contributed by atoms with Crippen LogP contribution in [0.25, 0.3) is 0 Å². The second kappa shape index (κ2) is 2.69. The van der Waals surface area contributed by atoms with Gasteiger partial charge in [0.15, 0.2) is 5.78 Å². The van der Waals surface area contributed by atoms with E-state index < -0.39 is 5.60 Å². The van der Waals surface area contributed by atoms with E-state index in [4.69, 9.17) is 4.74 Å². The standard InChI is InChI=1S/C10H12O3/c1-7-6-9(12)10(13-7)5-3-2-4-8(10)11/h6H,2-5H2,1H3. The molecule has 2 aliphatic rings. The largest absolute Gasteiger partial charge is 0.476 e. The Morgan fingerprint density at radius 2 is 2.15 bits per heavy atom.